The van der Waals surface area contributed by atoms with E-state index in [0.717, 1.165) is 0 Å². The lowest BCUT2D eigenvalue weighted by molar-refractivity contribution is 0.560. The molecule has 88 valence electrons. The molecule has 1 aromatic rings. The van der Waals surface area contributed by atoms with Crippen molar-refractivity contribution in [1.29, 1.82) is 0 Å². The number of sulfonamides is 1. The molecule has 0 aliphatic rings. The first-order valence-corrected chi connectivity index (χ1v) is 6.47. The molecule has 1 rings (SSSR count). The summed E-state index contributed by atoms with van der Waals surface area (Å²) in [6, 6.07) is -0.289. The van der Waals surface area contributed by atoms with Crippen LogP contribution >= 0.6 is 0 Å². The molecule has 1 aromatic heterocycles. The molecule has 0 aromatic carbocycles. The molecule has 1 unspecified atom stereocenters. The van der Waals surface area contributed by atoms with Gasteiger partial charge < -0.3 is 4.98 Å². The summed E-state index contributed by atoms with van der Waals surface area (Å²) in [5.41, 5.74) is 0. The molecule has 5 nitrogen and oxygen atoms in total. The number of aromatic amines is 1. The highest BCUT2D eigenvalue weighted by atomic mass is 32.2. The zero-order chi connectivity index (χ0) is 12.2. The predicted octanol–water partition coefficient (Wildman–Crippen LogP) is 0.662. The van der Waals surface area contributed by atoms with Crippen molar-refractivity contribution < 1.29 is 8.42 Å². The Morgan fingerprint density at radius 2 is 2.38 bits per heavy atom. The number of hydrogen-bond donors (Lipinski definition) is 2. The quantitative estimate of drug-likeness (QED) is 0.744. The van der Waals surface area contributed by atoms with Gasteiger partial charge in [-0.25, -0.2) is 18.1 Å². The average molecular weight is 241 g/mol. The second-order valence-corrected chi connectivity index (χ2v) is 5.16. The zero-order valence-corrected chi connectivity index (χ0v) is 10.1. The Morgan fingerprint density at radius 3 is 2.88 bits per heavy atom. The number of aromatic nitrogens is 2. The molecule has 16 heavy (non-hydrogen) atoms. The van der Waals surface area contributed by atoms with Crippen LogP contribution in [0.25, 0.3) is 0 Å². The summed E-state index contributed by atoms with van der Waals surface area (Å²) in [5.74, 6) is 3.05. The molecular formula is C10H15N3O2S. The van der Waals surface area contributed by atoms with Crippen molar-refractivity contribution in [3.05, 3.63) is 12.0 Å². The van der Waals surface area contributed by atoms with Gasteiger partial charge in [0.15, 0.2) is 5.03 Å². The van der Waals surface area contributed by atoms with E-state index in [2.05, 4.69) is 20.6 Å². The molecule has 0 bridgehead atoms. The van der Waals surface area contributed by atoms with E-state index in [1.54, 1.807) is 6.92 Å². The number of H-pyrrole nitrogens is 1. The molecular weight excluding hydrogens is 226 g/mol. The van der Waals surface area contributed by atoms with Crippen LogP contribution in [0.4, 0.5) is 0 Å². The zero-order valence-electron chi connectivity index (χ0n) is 9.32. The van der Waals surface area contributed by atoms with E-state index in [4.69, 9.17) is 6.42 Å². The molecule has 0 saturated carbocycles. The fourth-order valence-corrected chi connectivity index (χ4v) is 2.39. The summed E-state index contributed by atoms with van der Waals surface area (Å²) in [5, 5.41) is 0.0771. The maximum Gasteiger partial charge on any atom is 0.257 e. The number of hydrogen-bond acceptors (Lipinski definition) is 3. The first kappa shape index (κ1) is 12.7. The van der Waals surface area contributed by atoms with Crippen molar-refractivity contribution in [2.45, 2.75) is 37.8 Å². The first-order chi connectivity index (χ1) is 7.49. The average Bonchev–Trinajstić information content (AvgIpc) is 2.65. The third kappa shape index (κ3) is 3.08. The molecule has 1 atom stereocenters. The van der Waals surface area contributed by atoms with Crippen molar-refractivity contribution >= 4 is 10.0 Å². The van der Waals surface area contributed by atoms with Crippen molar-refractivity contribution in [1.82, 2.24) is 14.7 Å². The highest BCUT2D eigenvalue weighted by Crippen LogP contribution is 2.07. The van der Waals surface area contributed by atoms with E-state index in [9.17, 15) is 8.42 Å². The smallest absolute Gasteiger partial charge is 0.257 e. The van der Waals surface area contributed by atoms with Gasteiger partial charge in [-0.15, -0.1) is 12.3 Å². The van der Waals surface area contributed by atoms with Crippen molar-refractivity contribution in [2.24, 2.45) is 0 Å². The van der Waals surface area contributed by atoms with E-state index in [-0.39, 0.29) is 11.1 Å². The maximum absolute atomic E-state index is 11.8. The second-order valence-electron chi connectivity index (χ2n) is 3.48. The van der Waals surface area contributed by atoms with Gasteiger partial charge in [-0.3, -0.25) is 0 Å². The van der Waals surface area contributed by atoms with Gasteiger partial charge in [-0.1, -0.05) is 6.92 Å². The van der Waals surface area contributed by atoms with Gasteiger partial charge in [0, 0.05) is 18.9 Å². The molecule has 0 amide bonds. The molecule has 0 aliphatic heterocycles. The Balaban J connectivity index is 2.82. The van der Waals surface area contributed by atoms with Crippen LogP contribution in [0, 0.1) is 12.3 Å². The molecule has 0 fully saturated rings. The summed E-state index contributed by atoms with van der Waals surface area (Å²) in [4.78, 5) is 6.68. The number of terminal acetylenes is 1. The summed E-state index contributed by atoms with van der Waals surface area (Å²) in [6.07, 6.45) is 7.43. The fraction of sp³-hybridized carbons (Fsp3) is 0.500. The van der Waals surface area contributed by atoms with Gasteiger partial charge in [-0.05, 0) is 6.92 Å². The van der Waals surface area contributed by atoms with E-state index in [0.29, 0.717) is 18.7 Å². The van der Waals surface area contributed by atoms with E-state index in [1.807, 2.05) is 6.92 Å². The summed E-state index contributed by atoms with van der Waals surface area (Å²) < 4.78 is 26.1. The largest absolute Gasteiger partial charge is 0.332 e. The number of aryl methyl sites for hydroxylation is 1. The Bertz CT molecular complexity index is 484. The normalized spacial score (nSPS) is 13.3. The van der Waals surface area contributed by atoms with Crippen molar-refractivity contribution in [2.75, 3.05) is 0 Å². The molecule has 0 saturated heterocycles. The summed E-state index contributed by atoms with van der Waals surface area (Å²) in [7, 11) is -3.53. The lowest BCUT2D eigenvalue weighted by Crippen LogP contribution is -2.32. The van der Waals surface area contributed by atoms with Crippen LogP contribution in [0.3, 0.4) is 0 Å². The standard InChI is InChI=1S/C10H15N3O2S/c1-4-6-8(3)13-16(14,15)10-7-11-9(5-2)12-10/h1,7-8,13H,5-6H2,2-3H3,(H,11,12). The monoisotopic (exact) mass is 241 g/mol. The second kappa shape index (κ2) is 5.14. The number of imidazole rings is 1. The molecule has 0 spiro atoms. The third-order valence-corrected chi connectivity index (χ3v) is 3.51. The maximum atomic E-state index is 11.8. The highest BCUT2D eigenvalue weighted by molar-refractivity contribution is 7.89. The lowest BCUT2D eigenvalue weighted by atomic mass is 10.3. The van der Waals surface area contributed by atoms with Crippen LogP contribution < -0.4 is 4.72 Å². The Hall–Kier alpha value is -1.32. The first-order valence-electron chi connectivity index (χ1n) is 4.99. The Labute approximate surface area is 95.7 Å². The van der Waals surface area contributed by atoms with E-state index in [1.165, 1.54) is 6.20 Å². The van der Waals surface area contributed by atoms with Crippen LogP contribution in [0.15, 0.2) is 11.2 Å². The molecule has 0 aliphatic carbocycles. The molecule has 1 heterocycles. The van der Waals surface area contributed by atoms with Crippen LogP contribution in [0.1, 0.15) is 26.1 Å². The van der Waals surface area contributed by atoms with Gasteiger partial charge in [0.25, 0.3) is 10.0 Å². The van der Waals surface area contributed by atoms with Crippen LogP contribution in [-0.2, 0) is 16.4 Å². The van der Waals surface area contributed by atoms with Crippen LogP contribution in [0.2, 0.25) is 0 Å². The van der Waals surface area contributed by atoms with Crippen molar-refractivity contribution in [3.63, 3.8) is 0 Å². The van der Waals surface area contributed by atoms with Gasteiger partial charge in [0.1, 0.15) is 5.82 Å². The fourth-order valence-electron chi connectivity index (χ4n) is 1.21. The van der Waals surface area contributed by atoms with Crippen LogP contribution in [-0.4, -0.2) is 24.4 Å². The van der Waals surface area contributed by atoms with E-state index < -0.39 is 10.0 Å². The summed E-state index contributed by atoms with van der Waals surface area (Å²) >= 11 is 0. The topological polar surface area (TPSA) is 74.8 Å². The van der Waals surface area contributed by atoms with Gasteiger partial charge in [0.2, 0.25) is 0 Å². The number of nitrogens with one attached hydrogen (secondary N) is 2. The van der Waals surface area contributed by atoms with Crippen LogP contribution in [0.5, 0.6) is 0 Å². The van der Waals surface area contributed by atoms with Gasteiger partial charge in [0.05, 0.1) is 6.20 Å². The predicted molar refractivity (Wildman–Crippen MR) is 61.2 cm³/mol. The number of rotatable bonds is 5. The Morgan fingerprint density at radius 1 is 1.69 bits per heavy atom. The minimum atomic E-state index is -3.53. The van der Waals surface area contributed by atoms with E-state index >= 15 is 0 Å². The molecule has 2 N–H and O–H groups in total. The third-order valence-electron chi connectivity index (χ3n) is 2.01. The van der Waals surface area contributed by atoms with Gasteiger partial charge >= 0.3 is 0 Å². The van der Waals surface area contributed by atoms with Crippen molar-refractivity contribution in [3.8, 4) is 12.3 Å². The molecule has 0 radical (unpaired) electrons. The lowest BCUT2D eigenvalue weighted by Gasteiger charge is -2.09. The minimum Gasteiger partial charge on any atom is -0.332 e. The number of nitrogens with zero attached hydrogens (tertiary/aromatic N) is 1. The highest BCUT2D eigenvalue weighted by Gasteiger charge is 2.19. The minimum absolute atomic E-state index is 0.0771. The Kier molecular flexibility index (Phi) is 4.10. The van der Waals surface area contributed by atoms with Gasteiger partial charge in [-0.2, -0.15) is 0 Å². The molecule has 6 heteroatoms. The summed E-state index contributed by atoms with van der Waals surface area (Å²) in [6.45, 7) is 3.61. The SMILES string of the molecule is C#CCC(C)NS(=O)(=O)c1cnc(CC)[nH]1.